The lowest BCUT2D eigenvalue weighted by atomic mass is 10.2. The van der Waals surface area contributed by atoms with Gasteiger partial charge in [0.15, 0.2) is 11.0 Å². The van der Waals surface area contributed by atoms with Crippen LogP contribution in [0.4, 0.5) is 0 Å². The summed E-state index contributed by atoms with van der Waals surface area (Å²) in [4.78, 5) is 4.63. The number of methoxy groups -OCH3 is 2. The maximum absolute atomic E-state index is 5.68. The van der Waals surface area contributed by atoms with Crippen LogP contribution in [0.15, 0.2) is 94.7 Å². The smallest absolute Gasteiger partial charge is 0.226 e. The molecule has 0 radical (unpaired) electrons. The van der Waals surface area contributed by atoms with E-state index < -0.39 is 0 Å². The maximum Gasteiger partial charge on any atom is 0.226 e. The number of rotatable bonds is 8. The van der Waals surface area contributed by atoms with E-state index in [-0.39, 0.29) is 0 Å². The van der Waals surface area contributed by atoms with Crippen molar-refractivity contribution in [3.8, 4) is 40.0 Å². The van der Waals surface area contributed by atoms with E-state index in [4.69, 9.17) is 13.9 Å². The van der Waals surface area contributed by atoms with Gasteiger partial charge in [0.05, 0.1) is 19.9 Å². The highest BCUT2D eigenvalue weighted by Gasteiger charge is 2.18. The molecule has 170 valence electrons. The minimum Gasteiger partial charge on any atom is -0.497 e. The molecule has 5 aromatic rings. The average Bonchev–Trinajstić information content (AvgIpc) is 3.55. The summed E-state index contributed by atoms with van der Waals surface area (Å²) in [6, 6.07) is 25.4. The fourth-order valence-electron chi connectivity index (χ4n) is 3.50. The highest BCUT2D eigenvalue weighted by Crippen LogP contribution is 2.32. The molecule has 3 aromatic carbocycles. The summed E-state index contributed by atoms with van der Waals surface area (Å²) in [5.74, 6) is 3.45. The average molecular weight is 471 g/mol. The first-order valence-corrected chi connectivity index (χ1v) is 11.6. The third kappa shape index (κ3) is 4.53. The highest BCUT2D eigenvalue weighted by atomic mass is 32.2. The van der Waals surface area contributed by atoms with Crippen molar-refractivity contribution in [2.75, 3.05) is 14.2 Å². The van der Waals surface area contributed by atoms with Gasteiger partial charge in [-0.1, -0.05) is 42.1 Å². The topological polar surface area (TPSA) is 75.2 Å². The third-order valence-electron chi connectivity index (χ3n) is 5.21. The van der Waals surface area contributed by atoms with Crippen LogP contribution in [0.1, 0.15) is 5.69 Å². The molecule has 0 amide bonds. The summed E-state index contributed by atoms with van der Waals surface area (Å²) in [6.07, 6.45) is 1.69. The van der Waals surface area contributed by atoms with E-state index in [1.807, 2.05) is 83.4 Å². The first-order chi connectivity index (χ1) is 16.7. The predicted octanol–water partition coefficient (Wildman–Crippen LogP) is 5.90. The maximum atomic E-state index is 5.68. The van der Waals surface area contributed by atoms with Crippen LogP contribution < -0.4 is 9.47 Å². The molecule has 0 aliphatic rings. The molecule has 2 aromatic heterocycles. The number of hydrogen-bond donors (Lipinski definition) is 0. The first kappa shape index (κ1) is 21.8. The van der Waals surface area contributed by atoms with E-state index in [1.165, 1.54) is 0 Å². The van der Waals surface area contributed by atoms with Crippen LogP contribution >= 0.6 is 11.8 Å². The number of nitrogens with zero attached hydrogens (tertiary/aromatic N) is 4. The van der Waals surface area contributed by atoms with Crippen LogP contribution in [0.3, 0.4) is 0 Å². The van der Waals surface area contributed by atoms with Crippen LogP contribution in [0.25, 0.3) is 28.5 Å². The SMILES string of the molecule is COc1ccc(-n2c(SCc3coc(-c4ccccc4)n3)nnc2-c2cccc(OC)c2)cc1. The Balaban J connectivity index is 1.47. The molecule has 0 saturated carbocycles. The lowest BCUT2D eigenvalue weighted by Crippen LogP contribution is -2.00. The Morgan fingerprint density at radius 1 is 0.824 bits per heavy atom. The van der Waals surface area contributed by atoms with Gasteiger partial charge in [-0.05, 0) is 48.5 Å². The molecule has 0 fully saturated rings. The van der Waals surface area contributed by atoms with Gasteiger partial charge < -0.3 is 13.9 Å². The fraction of sp³-hybridized carbons (Fsp3) is 0.115. The molecule has 0 N–H and O–H groups in total. The van der Waals surface area contributed by atoms with Crippen molar-refractivity contribution in [3.05, 3.63) is 90.8 Å². The van der Waals surface area contributed by atoms with Crippen molar-refractivity contribution in [2.45, 2.75) is 10.9 Å². The van der Waals surface area contributed by atoms with E-state index in [9.17, 15) is 0 Å². The van der Waals surface area contributed by atoms with Gasteiger partial charge in [0.25, 0.3) is 0 Å². The lowest BCUT2D eigenvalue weighted by molar-refractivity contribution is 0.414. The van der Waals surface area contributed by atoms with Crippen LogP contribution in [-0.2, 0) is 5.75 Å². The molecule has 0 saturated heterocycles. The number of thioether (sulfide) groups is 1. The largest absolute Gasteiger partial charge is 0.497 e. The van der Waals surface area contributed by atoms with Gasteiger partial charge in [-0.3, -0.25) is 4.57 Å². The molecule has 0 atom stereocenters. The Morgan fingerprint density at radius 2 is 1.59 bits per heavy atom. The van der Waals surface area contributed by atoms with Crippen molar-refractivity contribution in [1.82, 2.24) is 19.7 Å². The zero-order chi connectivity index (χ0) is 23.3. The molecule has 34 heavy (non-hydrogen) atoms. The van der Waals surface area contributed by atoms with Crippen molar-refractivity contribution in [1.29, 1.82) is 0 Å². The Morgan fingerprint density at radius 3 is 2.35 bits per heavy atom. The van der Waals surface area contributed by atoms with Gasteiger partial charge in [-0.25, -0.2) is 4.98 Å². The summed E-state index contributed by atoms with van der Waals surface area (Å²) in [5, 5.41) is 9.74. The Kier molecular flexibility index (Phi) is 6.31. The number of ether oxygens (including phenoxy) is 2. The van der Waals surface area contributed by atoms with Crippen LogP contribution in [-0.4, -0.2) is 34.0 Å². The second kappa shape index (κ2) is 9.84. The number of benzene rings is 3. The second-order valence-corrected chi connectivity index (χ2v) is 8.31. The fourth-order valence-corrected chi connectivity index (χ4v) is 4.33. The lowest BCUT2D eigenvalue weighted by Gasteiger charge is -2.11. The molecular weight excluding hydrogens is 448 g/mol. The summed E-state index contributed by atoms with van der Waals surface area (Å²) >= 11 is 1.54. The molecule has 7 nitrogen and oxygen atoms in total. The van der Waals surface area contributed by atoms with Gasteiger partial charge in [0, 0.05) is 22.6 Å². The minimum absolute atomic E-state index is 0.586. The molecular formula is C26H22N4O3S. The molecule has 0 spiro atoms. The first-order valence-electron chi connectivity index (χ1n) is 10.6. The second-order valence-electron chi connectivity index (χ2n) is 7.37. The zero-order valence-corrected chi connectivity index (χ0v) is 19.5. The molecule has 0 bridgehead atoms. The van der Waals surface area contributed by atoms with Crippen LogP contribution in [0.5, 0.6) is 11.5 Å². The number of aromatic nitrogens is 4. The van der Waals surface area contributed by atoms with E-state index in [0.29, 0.717) is 11.6 Å². The standard InChI is InChI=1S/C26H22N4O3S/c1-31-22-13-11-21(12-14-22)30-24(19-9-6-10-23(15-19)32-2)28-29-26(30)34-17-20-16-33-25(27-20)18-7-4-3-5-8-18/h3-16H,17H2,1-2H3. The van der Waals surface area contributed by atoms with E-state index in [2.05, 4.69) is 15.2 Å². The predicted molar refractivity (Wildman–Crippen MR) is 131 cm³/mol. The Labute approximate surface area is 201 Å². The van der Waals surface area contributed by atoms with Gasteiger partial charge in [0.2, 0.25) is 5.89 Å². The molecule has 2 heterocycles. The van der Waals surface area contributed by atoms with Gasteiger partial charge in [-0.15, -0.1) is 10.2 Å². The molecule has 5 rings (SSSR count). The van der Waals surface area contributed by atoms with Crippen molar-refractivity contribution in [2.24, 2.45) is 0 Å². The van der Waals surface area contributed by atoms with Crippen molar-refractivity contribution >= 4 is 11.8 Å². The third-order valence-corrected chi connectivity index (χ3v) is 6.18. The van der Waals surface area contributed by atoms with E-state index in [0.717, 1.165) is 45.0 Å². The Bertz CT molecular complexity index is 1380. The number of oxazole rings is 1. The summed E-state index contributed by atoms with van der Waals surface area (Å²) < 4.78 is 18.4. The highest BCUT2D eigenvalue weighted by molar-refractivity contribution is 7.98. The molecule has 0 aliphatic heterocycles. The summed E-state index contributed by atoms with van der Waals surface area (Å²) in [6.45, 7) is 0. The number of hydrogen-bond acceptors (Lipinski definition) is 7. The van der Waals surface area contributed by atoms with E-state index in [1.54, 1.807) is 32.2 Å². The van der Waals surface area contributed by atoms with Crippen LogP contribution in [0, 0.1) is 0 Å². The molecule has 0 aliphatic carbocycles. The quantitative estimate of drug-likeness (QED) is 0.261. The van der Waals surface area contributed by atoms with Crippen molar-refractivity contribution < 1.29 is 13.9 Å². The normalized spacial score (nSPS) is 10.9. The van der Waals surface area contributed by atoms with Gasteiger partial charge in [0.1, 0.15) is 17.8 Å². The molecule has 8 heteroatoms. The zero-order valence-electron chi connectivity index (χ0n) is 18.7. The summed E-state index contributed by atoms with van der Waals surface area (Å²) in [7, 11) is 3.30. The van der Waals surface area contributed by atoms with Crippen LogP contribution in [0.2, 0.25) is 0 Å². The Hall–Kier alpha value is -4.04. The molecule has 0 unspecified atom stereocenters. The van der Waals surface area contributed by atoms with E-state index >= 15 is 0 Å². The van der Waals surface area contributed by atoms with Gasteiger partial charge in [-0.2, -0.15) is 0 Å². The van der Waals surface area contributed by atoms with Crippen molar-refractivity contribution in [3.63, 3.8) is 0 Å². The van der Waals surface area contributed by atoms with Gasteiger partial charge >= 0.3 is 0 Å². The summed E-state index contributed by atoms with van der Waals surface area (Å²) in [5.41, 5.74) is 3.61. The monoisotopic (exact) mass is 470 g/mol. The minimum atomic E-state index is 0.586.